The predicted octanol–water partition coefficient (Wildman–Crippen LogP) is 2.61. The first-order chi connectivity index (χ1) is 11.3. The van der Waals surface area contributed by atoms with Gasteiger partial charge in [0.1, 0.15) is 17.1 Å². The third-order valence-electron chi connectivity index (χ3n) is 4.20. The summed E-state index contributed by atoms with van der Waals surface area (Å²) in [4.78, 5) is 14.1. The highest BCUT2D eigenvalue weighted by Gasteiger charge is 2.37. The number of carbonyl (C=O) groups excluding carboxylic acids is 1. The normalized spacial score (nSPS) is 20.8. The Kier molecular flexibility index (Phi) is 5.59. The number of nitrogens with zero attached hydrogens (tertiary/aromatic N) is 1. The second-order valence-electron chi connectivity index (χ2n) is 7.13. The number of hydrogen-bond donors (Lipinski definition) is 1. The molecule has 1 heterocycles. The topological polar surface area (TPSA) is 74.0 Å². The largest absolute Gasteiger partial charge is 0.497 e. The summed E-state index contributed by atoms with van der Waals surface area (Å²) >= 11 is 0. The molecule has 1 aliphatic heterocycles. The van der Waals surface area contributed by atoms with E-state index < -0.39 is 5.60 Å². The molecule has 1 fully saturated rings. The van der Waals surface area contributed by atoms with Crippen molar-refractivity contribution in [2.75, 3.05) is 33.9 Å². The summed E-state index contributed by atoms with van der Waals surface area (Å²) in [6.07, 6.45) is -0.293. The van der Waals surface area contributed by atoms with Gasteiger partial charge >= 0.3 is 6.09 Å². The molecule has 134 valence electrons. The van der Waals surface area contributed by atoms with Gasteiger partial charge in [-0.1, -0.05) is 0 Å². The average molecular weight is 336 g/mol. The highest BCUT2D eigenvalue weighted by molar-refractivity contribution is 5.69. The summed E-state index contributed by atoms with van der Waals surface area (Å²) in [6.45, 7) is 7.27. The predicted molar refractivity (Wildman–Crippen MR) is 92.6 cm³/mol. The standard InChI is InChI=1S/C18H28N2O4/c1-18(2,3)24-17(21)20-10-13(9-19)16(11-20)12-6-14(22-4)8-15(7-12)23-5/h6-8,13,16H,9-11,19H2,1-5H3/t13-,16+/m1/s1. The van der Waals surface area contributed by atoms with Gasteiger partial charge in [0, 0.05) is 25.1 Å². The lowest BCUT2D eigenvalue weighted by Gasteiger charge is -2.24. The van der Waals surface area contributed by atoms with E-state index in [9.17, 15) is 4.79 Å². The molecule has 0 aliphatic carbocycles. The van der Waals surface area contributed by atoms with E-state index in [0.717, 1.165) is 17.1 Å². The first-order valence-corrected chi connectivity index (χ1v) is 8.18. The van der Waals surface area contributed by atoms with Crippen LogP contribution in [0.2, 0.25) is 0 Å². The molecule has 2 N–H and O–H groups in total. The van der Waals surface area contributed by atoms with Crippen LogP contribution in [0.25, 0.3) is 0 Å². The molecule has 0 radical (unpaired) electrons. The highest BCUT2D eigenvalue weighted by atomic mass is 16.6. The van der Waals surface area contributed by atoms with Crippen molar-refractivity contribution in [2.24, 2.45) is 11.7 Å². The van der Waals surface area contributed by atoms with Gasteiger partial charge in [-0.25, -0.2) is 4.79 Å². The summed E-state index contributed by atoms with van der Waals surface area (Å²) in [5.74, 6) is 1.77. The molecule has 1 amide bonds. The van der Waals surface area contributed by atoms with E-state index in [-0.39, 0.29) is 17.9 Å². The number of benzene rings is 1. The maximum absolute atomic E-state index is 12.4. The zero-order valence-corrected chi connectivity index (χ0v) is 15.2. The zero-order chi connectivity index (χ0) is 17.9. The minimum absolute atomic E-state index is 0.131. The number of rotatable bonds is 4. The van der Waals surface area contributed by atoms with Crippen molar-refractivity contribution < 1.29 is 19.0 Å². The molecule has 0 aromatic heterocycles. The van der Waals surface area contributed by atoms with Crippen LogP contribution >= 0.6 is 0 Å². The Bertz CT molecular complexity index is 561. The van der Waals surface area contributed by atoms with Gasteiger partial charge in [0.25, 0.3) is 0 Å². The van der Waals surface area contributed by atoms with Gasteiger partial charge in [0.05, 0.1) is 14.2 Å². The third kappa shape index (κ3) is 4.32. The van der Waals surface area contributed by atoms with Gasteiger partial charge in [-0.15, -0.1) is 0 Å². The number of ether oxygens (including phenoxy) is 3. The summed E-state index contributed by atoms with van der Waals surface area (Å²) in [6, 6.07) is 5.80. The van der Waals surface area contributed by atoms with E-state index in [1.165, 1.54) is 0 Å². The number of nitrogens with two attached hydrogens (primary N) is 1. The molecule has 6 nitrogen and oxygen atoms in total. The summed E-state index contributed by atoms with van der Waals surface area (Å²) in [5, 5.41) is 0. The van der Waals surface area contributed by atoms with E-state index in [1.807, 2.05) is 39.0 Å². The molecular weight excluding hydrogens is 308 g/mol. The maximum atomic E-state index is 12.4. The lowest BCUT2D eigenvalue weighted by Crippen LogP contribution is -2.35. The smallest absolute Gasteiger partial charge is 0.410 e. The number of carbonyl (C=O) groups is 1. The number of likely N-dealkylation sites (tertiary alicyclic amines) is 1. The Morgan fingerprint density at radius 2 is 1.75 bits per heavy atom. The number of methoxy groups -OCH3 is 2. The molecule has 1 saturated heterocycles. The number of hydrogen-bond acceptors (Lipinski definition) is 5. The van der Waals surface area contributed by atoms with Gasteiger partial charge in [0.2, 0.25) is 0 Å². The molecule has 0 saturated carbocycles. The molecule has 0 spiro atoms. The molecule has 1 aliphatic rings. The quantitative estimate of drug-likeness (QED) is 0.915. The highest BCUT2D eigenvalue weighted by Crippen LogP contribution is 2.36. The number of amides is 1. The van der Waals surface area contributed by atoms with Crippen LogP contribution in [0.3, 0.4) is 0 Å². The van der Waals surface area contributed by atoms with E-state index >= 15 is 0 Å². The van der Waals surface area contributed by atoms with Crippen molar-refractivity contribution in [2.45, 2.75) is 32.3 Å². The third-order valence-corrected chi connectivity index (χ3v) is 4.20. The second-order valence-corrected chi connectivity index (χ2v) is 7.13. The summed E-state index contributed by atoms with van der Waals surface area (Å²) < 4.78 is 16.2. The fourth-order valence-corrected chi connectivity index (χ4v) is 3.01. The minimum atomic E-state index is -0.507. The van der Waals surface area contributed by atoms with Crippen molar-refractivity contribution in [3.05, 3.63) is 23.8 Å². The Morgan fingerprint density at radius 1 is 1.17 bits per heavy atom. The van der Waals surface area contributed by atoms with Crippen LogP contribution in [0, 0.1) is 5.92 Å². The van der Waals surface area contributed by atoms with Crippen molar-refractivity contribution in [3.8, 4) is 11.5 Å². The van der Waals surface area contributed by atoms with Crippen molar-refractivity contribution >= 4 is 6.09 Å². The first kappa shape index (κ1) is 18.4. The first-order valence-electron chi connectivity index (χ1n) is 8.18. The second kappa shape index (κ2) is 7.30. The van der Waals surface area contributed by atoms with Gasteiger partial charge in [-0.3, -0.25) is 0 Å². The molecule has 24 heavy (non-hydrogen) atoms. The van der Waals surface area contributed by atoms with E-state index in [4.69, 9.17) is 19.9 Å². The van der Waals surface area contributed by atoms with Gasteiger partial charge in [-0.05, 0) is 50.9 Å². The minimum Gasteiger partial charge on any atom is -0.497 e. The van der Waals surface area contributed by atoms with Gasteiger partial charge in [-0.2, -0.15) is 0 Å². The van der Waals surface area contributed by atoms with Crippen LogP contribution in [0.4, 0.5) is 4.79 Å². The molecule has 1 aromatic rings. The van der Waals surface area contributed by atoms with Crippen molar-refractivity contribution in [1.82, 2.24) is 4.90 Å². The molecule has 0 bridgehead atoms. The van der Waals surface area contributed by atoms with Crippen LogP contribution in [0.1, 0.15) is 32.3 Å². The fourth-order valence-electron chi connectivity index (χ4n) is 3.01. The SMILES string of the molecule is COc1cc(OC)cc([C@@H]2CN(C(=O)OC(C)(C)C)C[C@H]2CN)c1. The maximum Gasteiger partial charge on any atom is 0.410 e. The Labute approximate surface area is 143 Å². The molecule has 6 heteroatoms. The lowest BCUT2D eigenvalue weighted by atomic mass is 9.89. The average Bonchev–Trinajstić information content (AvgIpc) is 2.97. The van der Waals surface area contributed by atoms with Gasteiger partial charge in [0.15, 0.2) is 0 Å². The van der Waals surface area contributed by atoms with E-state index in [2.05, 4.69) is 0 Å². The van der Waals surface area contributed by atoms with Crippen molar-refractivity contribution in [1.29, 1.82) is 0 Å². The van der Waals surface area contributed by atoms with Crippen LogP contribution in [0.15, 0.2) is 18.2 Å². The monoisotopic (exact) mass is 336 g/mol. The summed E-state index contributed by atoms with van der Waals surface area (Å²) in [7, 11) is 3.25. The lowest BCUT2D eigenvalue weighted by molar-refractivity contribution is 0.0287. The van der Waals surface area contributed by atoms with Crippen LogP contribution in [-0.4, -0.2) is 50.4 Å². The Balaban J connectivity index is 2.22. The van der Waals surface area contributed by atoms with E-state index in [0.29, 0.717) is 19.6 Å². The Morgan fingerprint density at radius 3 is 2.21 bits per heavy atom. The Hall–Kier alpha value is -1.95. The van der Waals surface area contributed by atoms with Crippen LogP contribution in [-0.2, 0) is 4.74 Å². The van der Waals surface area contributed by atoms with Crippen LogP contribution in [0.5, 0.6) is 11.5 Å². The molecular formula is C18H28N2O4. The molecule has 0 unspecified atom stereocenters. The van der Waals surface area contributed by atoms with E-state index in [1.54, 1.807) is 19.1 Å². The summed E-state index contributed by atoms with van der Waals surface area (Å²) in [5.41, 5.74) is 6.51. The zero-order valence-electron chi connectivity index (χ0n) is 15.2. The fraction of sp³-hybridized carbons (Fsp3) is 0.611. The van der Waals surface area contributed by atoms with Crippen molar-refractivity contribution in [3.63, 3.8) is 0 Å². The molecule has 2 rings (SSSR count). The van der Waals surface area contributed by atoms with Crippen LogP contribution < -0.4 is 15.2 Å². The van der Waals surface area contributed by atoms with Gasteiger partial charge < -0.3 is 24.8 Å². The molecule has 1 aromatic carbocycles. The molecule has 2 atom stereocenters.